The average molecular weight is 394 g/mol. The summed E-state index contributed by atoms with van der Waals surface area (Å²) in [5, 5.41) is 10.9. The number of nitrogens with zero attached hydrogens (tertiary/aromatic N) is 2. The molecule has 0 bridgehead atoms. The SMILES string of the molecule is O=[N+]([O-])CN1c2ccc(C(F)(F)F)cc2Sc2cc(C(F)(F)F)ccc21. The summed E-state index contributed by atoms with van der Waals surface area (Å²) in [5.74, 6) is 0. The van der Waals surface area contributed by atoms with E-state index in [-0.39, 0.29) is 21.2 Å². The van der Waals surface area contributed by atoms with Gasteiger partial charge in [0.15, 0.2) is 0 Å². The molecule has 0 atom stereocenters. The Balaban J connectivity index is 2.14. The van der Waals surface area contributed by atoms with E-state index in [0.717, 1.165) is 41.3 Å². The van der Waals surface area contributed by atoms with Crippen LogP contribution in [0.3, 0.4) is 0 Å². The lowest BCUT2D eigenvalue weighted by atomic mass is 10.1. The molecule has 0 N–H and O–H groups in total. The van der Waals surface area contributed by atoms with Gasteiger partial charge in [-0.15, -0.1) is 0 Å². The Bertz CT molecular complexity index is 818. The molecule has 0 unspecified atom stereocenters. The van der Waals surface area contributed by atoms with Gasteiger partial charge >= 0.3 is 12.4 Å². The van der Waals surface area contributed by atoms with Gasteiger partial charge in [0, 0.05) is 14.7 Å². The van der Waals surface area contributed by atoms with E-state index in [1.807, 2.05) is 0 Å². The molecule has 26 heavy (non-hydrogen) atoms. The van der Waals surface area contributed by atoms with Crippen molar-refractivity contribution in [1.82, 2.24) is 0 Å². The largest absolute Gasteiger partial charge is 0.416 e. The van der Waals surface area contributed by atoms with Crippen molar-refractivity contribution in [2.45, 2.75) is 22.1 Å². The molecule has 0 fully saturated rings. The van der Waals surface area contributed by atoms with Gasteiger partial charge in [0.1, 0.15) is 0 Å². The molecule has 11 heteroatoms. The van der Waals surface area contributed by atoms with Crippen molar-refractivity contribution in [3.63, 3.8) is 0 Å². The Kier molecular flexibility index (Phi) is 4.29. The second kappa shape index (κ2) is 6.08. The predicted octanol–water partition coefficient (Wildman–Crippen LogP) is 5.56. The van der Waals surface area contributed by atoms with Gasteiger partial charge in [-0.2, -0.15) is 26.3 Å². The minimum Gasteiger partial charge on any atom is -0.279 e. The summed E-state index contributed by atoms with van der Waals surface area (Å²) in [6.45, 7) is -0.794. The summed E-state index contributed by atoms with van der Waals surface area (Å²) < 4.78 is 77.4. The number of benzene rings is 2. The quantitative estimate of drug-likeness (QED) is 0.380. The minimum absolute atomic E-state index is 0.00602. The molecule has 0 aromatic heterocycles. The standard InChI is InChI=1S/C15H8F6N2O2S/c16-14(17,18)8-1-3-10-12(5-8)26-13-6-9(15(19,20)21)2-4-11(13)22(10)7-23(24)25/h1-6H,7H2. The highest BCUT2D eigenvalue weighted by atomic mass is 32.2. The maximum absolute atomic E-state index is 12.9. The monoisotopic (exact) mass is 394 g/mol. The lowest BCUT2D eigenvalue weighted by molar-refractivity contribution is -0.477. The summed E-state index contributed by atoms with van der Waals surface area (Å²) in [4.78, 5) is 11.3. The van der Waals surface area contributed by atoms with Crippen molar-refractivity contribution in [1.29, 1.82) is 0 Å². The van der Waals surface area contributed by atoms with Gasteiger partial charge in [0.05, 0.1) is 22.5 Å². The first-order valence-corrected chi connectivity index (χ1v) is 7.78. The van der Waals surface area contributed by atoms with Crippen LogP contribution in [0.25, 0.3) is 0 Å². The number of alkyl halides is 6. The average Bonchev–Trinajstić information content (AvgIpc) is 2.51. The third kappa shape index (κ3) is 3.43. The molecule has 3 rings (SSSR count). The van der Waals surface area contributed by atoms with Crippen LogP contribution in [-0.4, -0.2) is 11.6 Å². The van der Waals surface area contributed by atoms with Crippen LogP contribution in [0.1, 0.15) is 11.1 Å². The molecule has 2 aromatic rings. The van der Waals surface area contributed by atoms with Crippen LogP contribution in [0.4, 0.5) is 37.7 Å². The van der Waals surface area contributed by atoms with Crippen molar-refractivity contribution >= 4 is 23.1 Å². The van der Waals surface area contributed by atoms with Crippen LogP contribution in [0.15, 0.2) is 46.2 Å². The van der Waals surface area contributed by atoms with E-state index >= 15 is 0 Å². The summed E-state index contributed by atoms with van der Waals surface area (Å²) >= 11 is 0.710. The Labute approximate surface area is 146 Å². The molecule has 0 amide bonds. The van der Waals surface area contributed by atoms with E-state index in [1.54, 1.807) is 0 Å². The third-order valence-electron chi connectivity index (χ3n) is 3.63. The molecule has 138 valence electrons. The zero-order valence-corrected chi connectivity index (χ0v) is 13.4. The van der Waals surface area contributed by atoms with Crippen LogP contribution in [0.5, 0.6) is 0 Å². The van der Waals surface area contributed by atoms with Crippen LogP contribution >= 0.6 is 11.8 Å². The molecule has 2 aromatic carbocycles. The molecule has 1 aliphatic rings. The molecule has 4 nitrogen and oxygen atoms in total. The van der Waals surface area contributed by atoms with Gasteiger partial charge in [0.2, 0.25) is 0 Å². The second-order valence-electron chi connectivity index (χ2n) is 5.36. The highest BCUT2D eigenvalue weighted by Gasteiger charge is 2.36. The first-order valence-electron chi connectivity index (χ1n) is 6.96. The van der Waals surface area contributed by atoms with Crippen molar-refractivity contribution in [2.24, 2.45) is 0 Å². The van der Waals surface area contributed by atoms with E-state index in [4.69, 9.17) is 0 Å². The van der Waals surface area contributed by atoms with E-state index in [0.29, 0.717) is 11.8 Å². The lowest BCUT2D eigenvalue weighted by Crippen LogP contribution is -2.27. The molecular weight excluding hydrogens is 386 g/mol. The fourth-order valence-corrected chi connectivity index (χ4v) is 3.68. The molecule has 1 aliphatic heterocycles. The third-order valence-corrected chi connectivity index (χ3v) is 4.73. The van der Waals surface area contributed by atoms with Crippen molar-refractivity contribution in [3.05, 3.63) is 57.6 Å². The van der Waals surface area contributed by atoms with Crippen molar-refractivity contribution in [2.75, 3.05) is 11.6 Å². The van der Waals surface area contributed by atoms with E-state index < -0.39 is 35.1 Å². The van der Waals surface area contributed by atoms with Gasteiger partial charge in [-0.1, -0.05) is 11.8 Å². The maximum atomic E-state index is 12.9. The minimum atomic E-state index is -4.64. The van der Waals surface area contributed by atoms with Crippen LogP contribution in [-0.2, 0) is 12.4 Å². The fourth-order valence-electron chi connectivity index (χ4n) is 2.51. The molecule has 1 heterocycles. The Hall–Kier alpha value is -2.43. The van der Waals surface area contributed by atoms with Gasteiger partial charge < -0.3 is 0 Å². The molecular formula is C15H8F6N2O2S. The molecule has 0 aliphatic carbocycles. The number of rotatable bonds is 2. The van der Waals surface area contributed by atoms with Crippen LogP contribution in [0.2, 0.25) is 0 Å². The number of halogens is 6. The van der Waals surface area contributed by atoms with Crippen molar-refractivity contribution in [3.8, 4) is 0 Å². The van der Waals surface area contributed by atoms with E-state index in [2.05, 4.69) is 0 Å². The first-order chi connectivity index (χ1) is 12.0. The van der Waals surface area contributed by atoms with Gasteiger partial charge in [-0.25, -0.2) is 0 Å². The number of anilines is 2. The Morgan fingerprint density at radius 2 is 1.31 bits per heavy atom. The van der Waals surface area contributed by atoms with Gasteiger partial charge in [-0.3, -0.25) is 15.0 Å². The predicted molar refractivity (Wildman–Crippen MR) is 81.0 cm³/mol. The summed E-state index contributed by atoms with van der Waals surface area (Å²) in [7, 11) is 0. The van der Waals surface area contributed by atoms with Gasteiger partial charge in [0.25, 0.3) is 6.67 Å². The number of nitro groups is 1. The Morgan fingerprint density at radius 3 is 1.65 bits per heavy atom. The smallest absolute Gasteiger partial charge is 0.279 e. The number of fused-ring (bicyclic) bond motifs is 2. The first kappa shape index (κ1) is 18.4. The zero-order valence-electron chi connectivity index (χ0n) is 12.6. The topological polar surface area (TPSA) is 46.4 Å². The molecule has 0 spiro atoms. The zero-order chi connectivity index (χ0) is 19.3. The van der Waals surface area contributed by atoms with E-state index in [9.17, 15) is 36.5 Å². The normalized spacial score (nSPS) is 14.0. The molecule has 0 saturated carbocycles. The number of hydrogen-bond acceptors (Lipinski definition) is 4. The summed E-state index contributed by atoms with van der Waals surface area (Å²) in [6.07, 6.45) is -9.28. The molecule has 0 saturated heterocycles. The summed E-state index contributed by atoms with van der Waals surface area (Å²) in [5.41, 5.74) is -1.71. The maximum Gasteiger partial charge on any atom is 0.416 e. The molecule has 0 radical (unpaired) electrons. The highest BCUT2D eigenvalue weighted by Crippen LogP contribution is 2.50. The summed E-state index contributed by atoms with van der Waals surface area (Å²) in [6, 6.07) is 5.26. The van der Waals surface area contributed by atoms with Crippen molar-refractivity contribution < 1.29 is 31.3 Å². The van der Waals surface area contributed by atoms with E-state index in [1.165, 1.54) is 0 Å². The number of hydrogen-bond donors (Lipinski definition) is 0. The second-order valence-corrected chi connectivity index (χ2v) is 6.45. The lowest BCUT2D eigenvalue weighted by Gasteiger charge is -2.30. The van der Waals surface area contributed by atoms with Gasteiger partial charge in [-0.05, 0) is 36.4 Å². The highest BCUT2D eigenvalue weighted by molar-refractivity contribution is 7.99. The Morgan fingerprint density at radius 1 is 0.885 bits per heavy atom. The van der Waals surface area contributed by atoms with Crippen LogP contribution in [0, 0.1) is 10.1 Å². The fraction of sp³-hybridized carbons (Fsp3) is 0.200. The van der Waals surface area contributed by atoms with Crippen LogP contribution < -0.4 is 4.90 Å².